The molecule has 19 heavy (non-hydrogen) atoms. The molecule has 0 heterocycles. The van der Waals surface area contributed by atoms with Crippen LogP contribution in [-0.4, -0.2) is 0 Å². The number of benzene rings is 3. The minimum atomic E-state index is 0.970. The molecule has 0 aliphatic rings. The first-order chi connectivity index (χ1) is 9.40. The summed E-state index contributed by atoms with van der Waals surface area (Å²) in [6.07, 6.45) is 4.91. The van der Waals surface area contributed by atoms with Crippen LogP contribution in [0.15, 0.2) is 60.7 Å². The lowest BCUT2D eigenvalue weighted by Crippen LogP contribution is -1.90. The maximum atomic E-state index is 5.49. The van der Waals surface area contributed by atoms with E-state index in [0.29, 0.717) is 0 Å². The highest BCUT2D eigenvalue weighted by Crippen LogP contribution is 2.29. The van der Waals surface area contributed by atoms with Crippen molar-refractivity contribution in [3.05, 3.63) is 72.8 Å². The van der Waals surface area contributed by atoms with Crippen LogP contribution in [-0.2, 0) is 6.42 Å². The maximum Gasteiger partial charge on any atom is -0.0146 e. The number of aryl methyl sites for hydroxylation is 1. The number of hydrogen-bond donors (Lipinski definition) is 0. The molecule has 0 fully saturated rings. The SMILES string of the molecule is [CH]=CCCCc1c2ccccc2cc2ccccc12. The van der Waals surface area contributed by atoms with E-state index >= 15 is 0 Å². The molecule has 0 N–H and O–H groups in total. The summed E-state index contributed by atoms with van der Waals surface area (Å²) >= 11 is 0. The number of unbranched alkanes of at least 4 members (excludes halogenated alkanes) is 1. The third-order valence-corrected chi connectivity index (χ3v) is 3.68. The molecule has 0 aliphatic heterocycles. The maximum absolute atomic E-state index is 5.49. The first-order valence-corrected chi connectivity index (χ1v) is 6.83. The van der Waals surface area contributed by atoms with E-state index in [0.717, 1.165) is 19.3 Å². The first kappa shape index (κ1) is 12.0. The number of hydrogen-bond acceptors (Lipinski definition) is 0. The lowest BCUT2D eigenvalue weighted by atomic mass is 9.93. The normalized spacial score (nSPS) is 10.9. The molecule has 0 heteroatoms. The van der Waals surface area contributed by atoms with Gasteiger partial charge in [0, 0.05) is 0 Å². The highest BCUT2D eigenvalue weighted by Gasteiger charge is 2.06. The molecule has 3 aromatic carbocycles. The van der Waals surface area contributed by atoms with E-state index in [1.807, 2.05) is 0 Å². The largest absolute Gasteiger partial charge is 0.0845 e. The molecular formula is C19H17. The molecule has 0 saturated heterocycles. The molecule has 0 atom stereocenters. The van der Waals surface area contributed by atoms with Gasteiger partial charge in [0.05, 0.1) is 0 Å². The van der Waals surface area contributed by atoms with Crippen molar-refractivity contribution in [3.63, 3.8) is 0 Å². The second-order valence-corrected chi connectivity index (χ2v) is 4.93. The van der Waals surface area contributed by atoms with E-state index in [1.165, 1.54) is 27.1 Å². The van der Waals surface area contributed by atoms with Crippen molar-refractivity contribution in [2.24, 2.45) is 0 Å². The number of rotatable bonds is 4. The summed E-state index contributed by atoms with van der Waals surface area (Å²) < 4.78 is 0. The Kier molecular flexibility index (Phi) is 3.33. The molecule has 0 spiro atoms. The molecule has 0 amide bonds. The van der Waals surface area contributed by atoms with Gasteiger partial charge in [-0.05, 0) is 52.4 Å². The second-order valence-electron chi connectivity index (χ2n) is 4.93. The molecule has 0 bridgehead atoms. The molecule has 3 aromatic rings. The Morgan fingerprint density at radius 2 is 1.42 bits per heavy atom. The molecule has 0 unspecified atom stereocenters. The van der Waals surface area contributed by atoms with Gasteiger partial charge in [-0.25, -0.2) is 0 Å². The summed E-state index contributed by atoms with van der Waals surface area (Å²) in [7, 11) is 0. The molecular weight excluding hydrogens is 228 g/mol. The topological polar surface area (TPSA) is 0 Å². The van der Waals surface area contributed by atoms with E-state index < -0.39 is 0 Å². The average Bonchev–Trinajstić information content (AvgIpc) is 2.46. The molecule has 93 valence electrons. The van der Waals surface area contributed by atoms with Crippen molar-refractivity contribution < 1.29 is 0 Å². The van der Waals surface area contributed by atoms with Gasteiger partial charge >= 0.3 is 0 Å². The van der Waals surface area contributed by atoms with Crippen LogP contribution < -0.4 is 0 Å². The molecule has 0 aromatic heterocycles. The molecule has 0 aliphatic carbocycles. The quantitative estimate of drug-likeness (QED) is 0.432. The van der Waals surface area contributed by atoms with Crippen LogP contribution in [0.25, 0.3) is 21.5 Å². The Hall–Kier alpha value is -2.08. The van der Waals surface area contributed by atoms with Crippen molar-refractivity contribution in [1.82, 2.24) is 0 Å². The van der Waals surface area contributed by atoms with E-state index in [9.17, 15) is 0 Å². The Balaban J connectivity index is 2.23. The minimum Gasteiger partial charge on any atom is -0.0845 e. The van der Waals surface area contributed by atoms with Gasteiger partial charge in [0.2, 0.25) is 0 Å². The summed E-state index contributed by atoms with van der Waals surface area (Å²) in [5, 5.41) is 5.40. The zero-order valence-electron chi connectivity index (χ0n) is 11.0. The summed E-state index contributed by atoms with van der Waals surface area (Å²) in [5.41, 5.74) is 1.45. The monoisotopic (exact) mass is 245 g/mol. The standard InChI is InChI=1S/C19H17/c1-2-3-4-13-19-17-11-7-5-9-15(17)14-16-10-6-8-12-18(16)19/h1-2,5-12,14H,3-4,13H2. The molecule has 0 nitrogen and oxygen atoms in total. The Labute approximate surface area is 114 Å². The Morgan fingerprint density at radius 3 is 2.00 bits per heavy atom. The Morgan fingerprint density at radius 1 is 0.842 bits per heavy atom. The van der Waals surface area contributed by atoms with Crippen molar-refractivity contribution in [2.45, 2.75) is 19.3 Å². The lowest BCUT2D eigenvalue weighted by Gasteiger charge is -2.11. The molecule has 3 rings (SSSR count). The second kappa shape index (κ2) is 5.27. The van der Waals surface area contributed by atoms with Crippen molar-refractivity contribution in [1.29, 1.82) is 0 Å². The van der Waals surface area contributed by atoms with Crippen LogP contribution in [0.1, 0.15) is 18.4 Å². The summed E-state index contributed by atoms with van der Waals surface area (Å²) in [6, 6.07) is 19.6. The summed E-state index contributed by atoms with van der Waals surface area (Å²) in [5.74, 6) is 0. The highest BCUT2D eigenvalue weighted by atomic mass is 14.1. The van der Waals surface area contributed by atoms with Crippen molar-refractivity contribution in [3.8, 4) is 0 Å². The minimum absolute atomic E-state index is 0.970. The van der Waals surface area contributed by atoms with Crippen LogP contribution in [0.5, 0.6) is 0 Å². The van der Waals surface area contributed by atoms with Gasteiger partial charge in [0.25, 0.3) is 0 Å². The first-order valence-electron chi connectivity index (χ1n) is 6.83. The van der Waals surface area contributed by atoms with Crippen molar-refractivity contribution >= 4 is 21.5 Å². The number of allylic oxidation sites excluding steroid dienone is 1. The third kappa shape index (κ3) is 2.26. The van der Waals surface area contributed by atoms with E-state index in [-0.39, 0.29) is 0 Å². The van der Waals surface area contributed by atoms with Crippen LogP contribution in [0.2, 0.25) is 0 Å². The van der Waals surface area contributed by atoms with Crippen LogP contribution >= 0.6 is 0 Å². The summed E-state index contributed by atoms with van der Waals surface area (Å²) in [6.45, 7) is 5.49. The number of fused-ring (bicyclic) bond motifs is 2. The van der Waals surface area contributed by atoms with Gasteiger partial charge in [-0.2, -0.15) is 0 Å². The van der Waals surface area contributed by atoms with Crippen LogP contribution in [0, 0.1) is 6.58 Å². The highest BCUT2D eigenvalue weighted by molar-refractivity contribution is 6.02. The van der Waals surface area contributed by atoms with Gasteiger partial charge in [-0.15, -0.1) is 0 Å². The van der Waals surface area contributed by atoms with Gasteiger partial charge in [0.15, 0.2) is 0 Å². The average molecular weight is 245 g/mol. The van der Waals surface area contributed by atoms with Crippen LogP contribution in [0.3, 0.4) is 0 Å². The fourth-order valence-electron chi connectivity index (χ4n) is 2.77. The van der Waals surface area contributed by atoms with E-state index in [1.54, 1.807) is 6.08 Å². The fourth-order valence-corrected chi connectivity index (χ4v) is 2.77. The van der Waals surface area contributed by atoms with Gasteiger partial charge in [-0.1, -0.05) is 61.2 Å². The third-order valence-electron chi connectivity index (χ3n) is 3.68. The smallest absolute Gasteiger partial charge is 0.0146 e. The molecule has 0 saturated carbocycles. The predicted octanol–water partition coefficient (Wildman–Crippen LogP) is 5.30. The predicted molar refractivity (Wildman–Crippen MR) is 83.3 cm³/mol. The lowest BCUT2D eigenvalue weighted by molar-refractivity contribution is 0.853. The van der Waals surface area contributed by atoms with E-state index in [2.05, 4.69) is 54.6 Å². The zero-order chi connectivity index (χ0) is 13.1. The Bertz CT molecular complexity index is 668. The van der Waals surface area contributed by atoms with Gasteiger partial charge in [0.1, 0.15) is 0 Å². The summed E-state index contributed by atoms with van der Waals surface area (Å²) in [4.78, 5) is 0. The zero-order valence-corrected chi connectivity index (χ0v) is 11.0. The molecule has 1 radical (unpaired) electrons. The van der Waals surface area contributed by atoms with Gasteiger partial charge < -0.3 is 0 Å². The van der Waals surface area contributed by atoms with Gasteiger partial charge in [-0.3, -0.25) is 0 Å². The van der Waals surface area contributed by atoms with Crippen LogP contribution in [0.4, 0.5) is 0 Å². The van der Waals surface area contributed by atoms with E-state index in [4.69, 9.17) is 6.58 Å². The fraction of sp³-hybridized carbons (Fsp3) is 0.158. The van der Waals surface area contributed by atoms with Crippen molar-refractivity contribution in [2.75, 3.05) is 0 Å².